The predicted molar refractivity (Wildman–Crippen MR) is 95.7 cm³/mol. The van der Waals surface area contributed by atoms with Crippen LogP contribution in [0.3, 0.4) is 0 Å². The van der Waals surface area contributed by atoms with Crippen LogP contribution in [-0.2, 0) is 22.8 Å². The number of pyridine rings is 1. The molecule has 0 unspecified atom stereocenters. The molecule has 2 rings (SSSR count). The minimum Gasteiger partial charge on any atom is -0.356 e. The smallest absolute Gasteiger partial charge is 0.191 e. The van der Waals surface area contributed by atoms with Crippen LogP contribution in [-0.4, -0.2) is 39.2 Å². The van der Waals surface area contributed by atoms with Crippen molar-refractivity contribution in [1.29, 1.82) is 0 Å². The summed E-state index contributed by atoms with van der Waals surface area (Å²) in [6.45, 7) is 1.30. The Morgan fingerprint density at radius 3 is 2.46 bits per heavy atom. The third-order valence-corrected chi connectivity index (χ3v) is 4.57. The summed E-state index contributed by atoms with van der Waals surface area (Å²) in [5.74, 6) is 0.702. The van der Waals surface area contributed by atoms with Crippen molar-refractivity contribution in [3.63, 3.8) is 0 Å². The minimum absolute atomic E-state index is 0.340. The van der Waals surface area contributed by atoms with Crippen LogP contribution in [0.25, 0.3) is 0 Å². The van der Waals surface area contributed by atoms with E-state index in [0.717, 1.165) is 17.7 Å². The zero-order chi connectivity index (χ0) is 17.4. The van der Waals surface area contributed by atoms with Crippen LogP contribution in [0.15, 0.2) is 58.5 Å². The second-order valence-corrected chi connectivity index (χ2v) is 7.36. The van der Waals surface area contributed by atoms with Gasteiger partial charge in [0, 0.05) is 26.0 Å². The lowest BCUT2D eigenvalue weighted by molar-refractivity contribution is 0.602. The molecule has 0 saturated heterocycles. The molecule has 7 heteroatoms. The maximum Gasteiger partial charge on any atom is 0.191 e. The first-order valence-corrected chi connectivity index (χ1v) is 9.51. The van der Waals surface area contributed by atoms with Gasteiger partial charge in [0.25, 0.3) is 0 Å². The van der Waals surface area contributed by atoms with Crippen molar-refractivity contribution in [2.24, 2.45) is 4.99 Å². The van der Waals surface area contributed by atoms with Gasteiger partial charge in [0.1, 0.15) is 0 Å². The summed E-state index contributed by atoms with van der Waals surface area (Å²) in [7, 11) is -1.42. The monoisotopic (exact) mass is 346 g/mol. The molecular formula is C17H22N4O2S. The van der Waals surface area contributed by atoms with Gasteiger partial charge >= 0.3 is 0 Å². The molecule has 0 aliphatic rings. The molecule has 1 heterocycles. The number of hydrogen-bond donors (Lipinski definition) is 2. The van der Waals surface area contributed by atoms with Gasteiger partial charge in [-0.25, -0.2) is 8.42 Å². The van der Waals surface area contributed by atoms with Gasteiger partial charge in [-0.3, -0.25) is 9.98 Å². The summed E-state index contributed by atoms with van der Waals surface area (Å²) >= 11 is 0. The van der Waals surface area contributed by atoms with Gasteiger partial charge in [0.15, 0.2) is 15.8 Å². The number of aromatic nitrogens is 1. The Labute approximate surface area is 143 Å². The molecule has 6 nitrogen and oxygen atoms in total. The molecule has 0 radical (unpaired) electrons. The number of hydrogen-bond acceptors (Lipinski definition) is 4. The van der Waals surface area contributed by atoms with E-state index in [0.29, 0.717) is 23.9 Å². The van der Waals surface area contributed by atoms with Crippen molar-refractivity contribution in [3.05, 3.63) is 59.9 Å². The molecule has 0 aliphatic carbocycles. The third-order valence-electron chi connectivity index (χ3n) is 3.44. The lowest BCUT2D eigenvalue weighted by Gasteiger charge is -2.11. The topological polar surface area (TPSA) is 83.5 Å². The van der Waals surface area contributed by atoms with Gasteiger partial charge in [0.05, 0.1) is 17.1 Å². The number of guanidine groups is 1. The van der Waals surface area contributed by atoms with E-state index in [1.165, 1.54) is 6.26 Å². The minimum atomic E-state index is -3.14. The van der Waals surface area contributed by atoms with Crippen LogP contribution in [0.5, 0.6) is 0 Å². The van der Waals surface area contributed by atoms with E-state index >= 15 is 0 Å². The molecule has 2 aromatic rings. The second kappa shape index (κ2) is 8.44. The third kappa shape index (κ3) is 5.66. The molecule has 1 aromatic heterocycles. The first-order valence-electron chi connectivity index (χ1n) is 7.62. The SMILES string of the molecule is CN=C(NCCc1ccc(S(C)(=O)=O)cc1)NCc1ccccn1. The number of aliphatic imine (C=N–C) groups is 1. The largest absolute Gasteiger partial charge is 0.356 e. The van der Waals surface area contributed by atoms with Gasteiger partial charge in [-0.05, 0) is 36.2 Å². The summed E-state index contributed by atoms with van der Waals surface area (Å²) in [6, 6.07) is 12.7. The Morgan fingerprint density at radius 2 is 1.88 bits per heavy atom. The molecule has 24 heavy (non-hydrogen) atoms. The highest BCUT2D eigenvalue weighted by Crippen LogP contribution is 2.10. The molecule has 0 spiro atoms. The van der Waals surface area contributed by atoms with Crippen LogP contribution in [0.2, 0.25) is 0 Å². The molecular weight excluding hydrogens is 324 g/mol. The van der Waals surface area contributed by atoms with Crippen LogP contribution in [0.4, 0.5) is 0 Å². The van der Waals surface area contributed by atoms with Gasteiger partial charge in [-0.1, -0.05) is 18.2 Å². The Bertz CT molecular complexity index is 772. The van der Waals surface area contributed by atoms with Crippen LogP contribution >= 0.6 is 0 Å². The molecule has 128 valence electrons. The highest BCUT2D eigenvalue weighted by molar-refractivity contribution is 7.90. The lowest BCUT2D eigenvalue weighted by Crippen LogP contribution is -2.38. The van der Waals surface area contributed by atoms with Crippen molar-refractivity contribution in [1.82, 2.24) is 15.6 Å². The van der Waals surface area contributed by atoms with Gasteiger partial charge in [-0.2, -0.15) is 0 Å². The molecule has 2 N–H and O–H groups in total. The number of sulfone groups is 1. The fourth-order valence-electron chi connectivity index (χ4n) is 2.13. The molecule has 0 saturated carbocycles. The molecule has 1 aromatic carbocycles. The van der Waals surface area contributed by atoms with Gasteiger partial charge in [-0.15, -0.1) is 0 Å². The lowest BCUT2D eigenvalue weighted by atomic mass is 10.1. The van der Waals surface area contributed by atoms with Gasteiger partial charge in [0.2, 0.25) is 0 Å². The van der Waals surface area contributed by atoms with E-state index in [2.05, 4.69) is 20.6 Å². The fourth-order valence-corrected chi connectivity index (χ4v) is 2.76. The average Bonchev–Trinajstić information content (AvgIpc) is 2.58. The Morgan fingerprint density at radius 1 is 1.12 bits per heavy atom. The first kappa shape index (κ1) is 17.9. The Hall–Kier alpha value is -2.41. The van der Waals surface area contributed by atoms with Crippen LogP contribution < -0.4 is 10.6 Å². The summed E-state index contributed by atoms with van der Waals surface area (Å²) < 4.78 is 22.9. The Kier molecular flexibility index (Phi) is 6.31. The number of benzene rings is 1. The number of nitrogens with zero attached hydrogens (tertiary/aromatic N) is 2. The quantitative estimate of drug-likeness (QED) is 0.610. The van der Waals surface area contributed by atoms with Crippen molar-refractivity contribution in [2.45, 2.75) is 17.9 Å². The number of rotatable bonds is 6. The molecule has 0 aliphatic heterocycles. The summed E-state index contributed by atoms with van der Waals surface area (Å²) in [4.78, 5) is 8.75. The summed E-state index contributed by atoms with van der Waals surface area (Å²) in [5.41, 5.74) is 2.01. The van der Waals surface area contributed by atoms with E-state index in [1.807, 2.05) is 30.3 Å². The van der Waals surface area contributed by atoms with E-state index in [1.54, 1.807) is 25.4 Å². The highest BCUT2D eigenvalue weighted by Gasteiger charge is 2.06. The highest BCUT2D eigenvalue weighted by atomic mass is 32.2. The van der Waals surface area contributed by atoms with E-state index in [-0.39, 0.29) is 0 Å². The number of nitrogens with one attached hydrogen (secondary N) is 2. The van der Waals surface area contributed by atoms with Crippen molar-refractivity contribution >= 4 is 15.8 Å². The first-order chi connectivity index (χ1) is 11.5. The predicted octanol–water partition coefficient (Wildman–Crippen LogP) is 1.39. The van der Waals surface area contributed by atoms with E-state index in [9.17, 15) is 8.42 Å². The normalized spacial score (nSPS) is 12.0. The maximum absolute atomic E-state index is 11.4. The zero-order valence-electron chi connectivity index (χ0n) is 13.9. The average molecular weight is 346 g/mol. The molecule has 0 atom stereocenters. The summed E-state index contributed by atoms with van der Waals surface area (Å²) in [6.07, 6.45) is 3.74. The Balaban J connectivity index is 1.79. The molecule has 0 bridgehead atoms. The van der Waals surface area contributed by atoms with Gasteiger partial charge < -0.3 is 10.6 Å². The second-order valence-electron chi connectivity index (χ2n) is 5.34. The van der Waals surface area contributed by atoms with Crippen molar-refractivity contribution in [2.75, 3.05) is 19.8 Å². The van der Waals surface area contributed by atoms with Crippen LogP contribution in [0, 0.1) is 0 Å². The molecule has 0 fully saturated rings. The standard InChI is InChI=1S/C17H22N4O2S/c1-18-17(21-13-15-5-3-4-11-19-15)20-12-10-14-6-8-16(9-7-14)24(2,22)23/h3-9,11H,10,12-13H2,1-2H3,(H2,18,20,21). The van der Waals surface area contributed by atoms with Crippen molar-refractivity contribution in [3.8, 4) is 0 Å². The maximum atomic E-state index is 11.4. The van der Waals surface area contributed by atoms with Crippen LogP contribution in [0.1, 0.15) is 11.3 Å². The summed E-state index contributed by atoms with van der Waals surface area (Å²) in [5, 5.41) is 6.42. The van der Waals surface area contributed by atoms with E-state index < -0.39 is 9.84 Å². The fraction of sp³-hybridized carbons (Fsp3) is 0.294. The van der Waals surface area contributed by atoms with Crippen molar-refractivity contribution < 1.29 is 8.42 Å². The zero-order valence-corrected chi connectivity index (χ0v) is 14.7. The van der Waals surface area contributed by atoms with E-state index in [4.69, 9.17) is 0 Å². The molecule has 0 amide bonds.